The van der Waals surface area contributed by atoms with Crippen molar-refractivity contribution in [2.75, 3.05) is 45.2 Å². The highest BCUT2D eigenvalue weighted by atomic mass is 19.1. The monoisotopic (exact) mass is 427 g/mol. The second-order valence-electron chi connectivity index (χ2n) is 7.68. The van der Waals surface area contributed by atoms with Gasteiger partial charge in [0.25, 0.3) is 0 Å². The van der Waals surface area contributed by atoms with E-state index in [-0.39, 0.29) is 17.6 Å². The number of hydrogen-bond acceptors (Lipinski definition) is 4. The Kier molecular flexibility index (Phi) is 8.00. The number of methoxy groups -OCH3 is 1. The molecule has 0 unspecified atom stereocenters. The first-order valence-electron chi connectivity index (χ1n) is 10.7. The minimum atomic E-state index is -0.416. The molecule has 1 saturated heterocycles. The van der Waals surface area contributed by atoms with Crippen LogP contribution in [0.4, 0.5) is 10.1 Å². The average Bonchev–Trinajstić information content (AvgIpc) is 2.78. The summed E-state index contributed by atoms with van der Waals surface area (Å²) in [5.41, 5.74) is 2.75. The van der Waals surface area contributed by atoms with E-state index in [4.69, 9.17) is 4.74 Å². The smallest absolute Gasteiger partial charge is 0.238 e. The molecular formula is C24H30FN3O3. The lowest BCUT2D eigenvalue weighted by Gasteiger charge is -2.34. The third-order valence-electron chi connectivity index (χ3n) is 5.61. The number of aryl methyl sites for hydroxylation is 2. The van der Waals surface area contributed by atoms with Crippen molar-refractivity contribution in [3.8, 4) is 5.75 Å². The van der Waals surface area contributed by atoms with Gasteiger partial charge in [-0.2, -0.15) is 0 Å². The quantitative estimate of drug-likeness (QED) is 0.703. The number of para-hydroxylation sites is 1. The summed E-state index contributed by atoms with van der Waals surface area (Å²) >= 11 is 0. The minimum absolute atomic E-state index is 0.0396. The molecule has 31 heavy (non-hydrogen) atoms. The van der Waals surface area contributed by atoms with Crippen LogP contribution in [0.1, 0.15) is 24.5 Å². The third-order valence-corrected chi connectivity index (χ3v) is 5.61. The van der Waals surface area contributed by atoms with E-state index in [1.165, 1.54) is 13.2 Å². The van der Waals surface area contributed by atoms with Gasteiger partial charge in [0.15, 0.2) is 11.6 Å². The first-order chi connectivity index (χ1) is 15.0. The molecular weight excluding hydrogens is 397 g/mol. The maximum absolute atomic E-state index is 13.8. The number of ether oxygens (including phenoxy) is 1. The zero-order valence-electron chi connectivity index (χ0n) is 18.2. The van der Waals surface area contributed by atoms with E-state index in [9.17, 15) is 14.0 Å². The molecule has 1 aliphatic rings. The molecule has 1 heterocycles. The summed E-state index contributed by atoms with van der Waals surface area (Å²) in [6.07, 6.45) is 1.68. The lowest BCUT2D eigenvalue weighted by Crippen LogP contribution is -2.50. The number of halogens is 1. The number of carbonyl (C=O) groups is 2. The van der Waals surface area contributed by atoms with Crippen LogP contribution in [0.5, 0.6) is 5.75 Å². The maximum Gasteiger partial charge on any atom is 0.238 e. The Morgan fingerprint density at radius 3 is 2.52 bits per heavy atom. The van der Waals surface area contributed by atoms with Crippen LogP contribution in [0.3, 0.4) is 0 Å². The van der Waals surface area contributed by atoms with Crippen LogP contribution in [0, 0.1) is 5.82 Å². The molecule has 2 amide bonds. The Morgan fingerprint density at radius 2 is 1.84 bits per heavy atom. The van der Waals surface area contributed by atoms with E-state index >= 15 is 0 Å². The van der Waals surface area contributed by atoms with Gasteiger partial charge in [0, 0.05) is 38.3 Å². The standard InChI is InChI=1S/C24H30FN3O3/c1-3-19-6-4-5-7-21(19)26-23(29)17-27-12-14-28(15-13-27)24(30)11-9-18-8-10-22(31-2)20(25)16-18/h4-8,10,16H,3,9,11-15,17H2,1-2H3,(H,26,29). The van der Waals surface area contributed by atoms with Gasteiger partial charge >= 0.3 is 0 Å². The Morgan fingerprint density at radius 1 is 1.10 bits per heavy atom. The number of carbonyl (C=O) groups excluding carboxylic acids is 2. The highest BCUT2D eigenvalue weighted by Gasteiger charge is 2.22. The van der Waals surface area contributed by atoms with Crippen molar-refractivity contribution in [1.29, 1.82) is 0 Å². The lowest BCUT2D eigenvalue weighted by atomic mass is 10.1. The SMILES string of the molecule is CCc1ccccc1NC(=O)CN1CCN(C(=O)CCc2ccc(OC)c(F)c2)CC1. The third kappa shape index (κ3) is 6.28. The van der Waals surface area contributed by atoms with Gasteiger partial charge in [-0.1, -0.05) is 31.2 Å². The van der Waals surface area contributed by atoms with E-state index < -0.39 is 5.82 Å². The molecule has 7 heteroatoms. The van der Waals surface area contributed by atoms with Crippen molar-refractivity contribution in [1.82, 2.24) is 9.80 Å². The Bertz CT molecular complexity index is 911. The van der Waals surface area contributed by atoms with E-state index in [1.54, 1.807) is 12.1 Å². The van der Waals surface area contributed by atoms with Crippen LogP contribution < -0.4 is 10.1 Å². The fourth-order valence-electron chi connectivity index (χ4n) is 3.77. The minimum Gasteiger partial charge on any atom is -0.494 e. The molecule has 0 radical (unpaired) electrons. The zero-order valence-corrected chi connectivity index (χ0v) is 18.2. The zero-order chi connectivity index (χ0) is 22.2. The molecule has 1 N–H and O–H groups in total. The van der Waals surface area contributed by atoms with Crippen molar-refractivity contribution in [2.24, 2.45) is 0 Å². The molecule has 0 aliphatic carbocycles. The number of hydrogen-bond donors (Lipinski definition) is 1. The number of benzene rings is 2. The molecule has 166 valence electrons. The average molecular weight is 428 g/mol. The van der Waals surface area contributed by atoms with Gasteiger partial charge in [-0.3, -0.25) is 14.5 Å². The first kappa shape index (κ1) is 22.7. The molecule has 1 aliphatic heterocycles. The number of piperazine rings is 1. The van der Waals surface area contributed by atoms with Crippen molar-refractivity contribution in [2.45, 2.75) is 26.2 Å². The number of amides is 2. The van der Waals surface area contributed by atoms with Gasteiger partial charge in [-0.25, -0.2) is 4.39 Å². The van der Waals surface area contributed by atoms with Crippen molar-refractivity contribution in [3.63, 3.8) is 0 Å². The second-order valence-corrected chi connectivity index (χ2v) is 7.68. The Labute approximate surface area is 183 Å². The van der Waals surface area contributed by atoms with Crippen LogP contribution >= 0.6 is 0 Å². The van der Waals surface area contributed by atoms with Gasteiger partial charge in [-0.05, 0) is 42.2 Å². The van der Waals surface area contributed by atoms with Crippen LogP contribution in [0.15, 0.2) is 42.5 Å². The molecule has 2 aromatic rings. The van der Waals surface area contributed by atoms with E-state index in [1.807, 2.05) is 29.2 Å². The predicted molar refractivity (Wildman–Crippen MR) is 119 cm³/mol. The molecule has 2 aromatic carbocycles. The van der Waals surface area contributed by atoms with Crippen LogP contribution in [-0.2, 0) is 22.4 Å². The number of nitrogens with one attached hydrogen (secondary N) is 1. The topological polar surface area (TPSA) is 61.9 Å². The Hall–Kier alpha value is -2.93. The van der Waals surface area contributed by atoms with E-state index in [0.29, 0.717) is 45.6 Å². The van der Waals surface area contributed by atoms with Gasteiger partial charge < -0.3 is 15.0 Å². The molecule has 1 fully saturated rings. The summed E-state index contributed by atoms with van der Waals surface area (Å²) in [6.45, 7) is 4.87. The number of anilines is 1. The van der Waals surface area contributed by atoms with Gasteiger partial charge in [0.1, 0.15) is 0 Å². The van der Waals surface area contributed by atoms with Gasteiger partial charge in [0.05, 0.1) is 13.7 Å². The van der Waals surface area contributed by atoms with Crippen LogP contribution in [-0.4, -0.2) is 61.4 Å². The van der Waals surface area contributed by atoms with Gasteiger partial charge in [0.2, 0.25) is 11.8 Å². The predicted octanol–water partition coefficient (Wildman–Crippen LogP) is 3.11. The largest absolute Gasteiger partial charge is 0.494 e. The summed E-state index contributed by atoms with van der Waals surface area (Å²) in [5.74, 6) is -0.200. The second kappa shape index (κ2) is 10.9. The van der Waals surface area contributed by atoms with Crippen molar-refractivity contribution >= 4 is 17.5 Å². The molecule has 0 saturated carbocycles. The molecule has 0 bridgehead atoms. The summed E-state index contributed by atoms with van der Waals surface area (Å²) in [4.78, 5) is 28.8. The van der Waals surface area contributed by atoms with E-state index in [2.05, 4.69) is 17.1 Å². The van der Waals surface area contributed by atoms with Crippen LogP contribution in [0.2, 0.25) is 0 Å². The molecule has 0 atom stereocenters. The van der Waals surface area contributed by atoms with Crippen molar-refractivity contribution < 1.29 is 18.7 Å². The molecule has 0 spiro atoms. The van der Waals surface area contributed by atoms with Crippen molar-refractivity contribution in [3.05, 3.63) is 59.4 Å². The highest BCUT2D eigenvalue weighted by Crippen LogP contribution is 2.19. The maximum atomic E-state index is 13.8. The molecule has 0 aromatic heterocycles. The molecule has 3 rings (SSSR count). The summed E-state index contributed by atoms with van der Waals surface area (Å²) in [5, 5.41) is 2.99. The normalized spacial score (nSPS) is 14.4. The summed E-state index contributed by atoms with van der Waals surface area (Å²) in [6, 6.07) is 12.6. The van der Waals surface area contributed by atoms with Crippen LogP contribution in [0.25, 0.3) is 0 Å². The van der Waals surface area contributed by atoms with E-state index in [0.717, 1.165) is 23.2 Å². The number of nitrogens with zero attached hydrogens (tertiary/aromatic N) is 2. The lowest BCUT2D eigenvalue weighted by molar-refractivity contribution is -0.133. The Balaban J connectivity index is 1.42. The first-order valence-corrected chi connectivity index (χ1v) is 10.7. The molecule has 6 nitrogen and oxygen atoms in total. The highest BCUT2D eigenvalue weighted by molar-refractivity contribution is 5.93. The van der Waals surface area contributed by atoms with Gasteiger partial charge in [-0.15, -0.1) is 0 Å². The summed E-state index contributed by atoms with van der Waals surface area (Å²) in [7, 11) is 1.43. The fourth-order valence-corrected chi connectivity index (χ4v) is 3.77. The number of rotatable bonds is 8. The summed E-state index contributed by atoms with van der Waals surface area (Å²) < 4.78 is 18.7. The fraction of sp³-hybridized carbons (Fsp3) is 0.417.